The molecule has 0 spiro atoms. The molecule has 2 heterocycles. The Kier molecular flexibility index (Phi) is 7.35. The summed E-state index contributed by atoms with van der Waals surface area (Å²) in [6.45, 7) is 6.76. The Labute approximate surface area is 193 Å². The molecule has 0 fully saturated rings. The van der Waals surface area contributed by atoms with Crippen molar-refractivity contribution >= 4 is 28.7 Å². The molecule has 0 amide bonds. The van der Waals surface area contributed by atoms with Crippen LogP contribution in [0.4, 0.5) is 17.3 Å². The quantitative estimate of drug-likeness (QED) is 0.306. The van der Waals surface area contributed by atoms with E-state index in [4.69, 9.17) is 4.74 Å². The van der Waals surface area contributed by atoms with Gasteiger partial charge in [0.1, 0.15) is 12.4 Å². The number of benzene rings is 2. The van der Waals surface area contributed by atoms with E-state index in [0.29, 0.717) is 12.6 Å². The summed E-state index contributed by atoms with van der Waals surface area (Å²) in [6.07, 6.45) is 2.80. The fourth-order valence-electron chi connectivity index (χ4n) is 3.61. The molecule has 2 aromatic carbocycles. The molecule has 164 valence electrons. The smallest absolute Gasteiger partial charge is 0.227 e. The molecule has 0 saturated heterocycles. The maximum atomic E-state index is 6.07. The second-order valence-electron chi connectivity index (χ2n) is 7.31. The van der Waals surface area contributed by atoms with Crippen molar-refractivity contribution < 1.29 is 4.74 Å². The number of hydrogen-bond donors (Lipinski definition) is 1. The molecular formula is C26H28N4OS. The molecule has 6 heteroatoms. The summed E-state index contributed by atoms with van der Waals surface area (Å²) in [5.41, 5.74) is 4.47. The summed E-state index contributed by atoms with van der Waals surface area (Å²) in [5.74, 6) is 1.39. The molecule has 0 aliphatic heterocycles. The number of hydrogen-bond acceptors (Lipinski definition) is 6. The van der Waals surface area contributed by atoms with Gasteiger partial charge >= 0.3 is 0 Å². The number of anilines is 3. The molecule has 0 unspecified atom stereocenters. The minimum atomic E-state index is 0.571. The zero-order valence-corrected chi connectivity index (χ0v) is 19.3. The molecule has 32 heavy (non-hydrogen) atoms. The van der Waals surface area contributed by atoms with Crippen LogP contribution >= 0.6 is 11.3 Å². The minimum Gasteiger partial charge on any atom is -0.492 e. The van der Waals surface area contributed by atoms with Gasteiger partial charge in [-0.2, -0.15) is 0 Å². The van der Waals surface area contributed by atoms with Gasteiger partial charge in [-0.3, -0.25) is 0 Å². The van der Waals surface area contributed by atoms with Gasteiger partial charge in [0.2, 0.25) is 5.95 Å². The number of para-hydroxylation sites is 1. The van der Waals surface area contributed by atoms with E-state index in [1.807, 2.05) is 41.8 Å². The Bertz CT molecular complexity index is 1130. The lowest BCUT2D eigenvalue weighted by Crippen LogP contribution is -2.28. The van der Waals surface area contributed by atoms with Gasteiger partial charge in [0, 0.05) is 30.2 Å². The van der Waals surface area contributed by atoms with Crippen molar-refractivity contribution in [1.29, 1.82) is 0 Å². The highest BCUT2D eigenvalue weighted by molar-refractivity contribution is 7.13. The molecule has 4 rings (SSSR count). The summed E-state index contributed by atoms with van der Waals surface area (Å²) in [6, 6.07) is 22.5. The average Bonchev–Trinajstić information content (AvgIpc) is 3.38. The Hall–Kier alpha value is -3.38. The summed E-state index contributed by atoms with van der Waals surface area (Å²) < 4.78 is 6.07. The molecule has 0 atom stereocenters. The third-order valence-electron chi connectivity index (χ3n) is 5.24. The molecule has 4 aromatic rings. The van der Waals surface area contributed by atoms with Crippen molar-refractivity contribution in [2.75, 3.05) is 29.9 Å². The van der Waals surface area contributed by atoms with E-state index in [0.717, 1.165) is 41.5 Å². The number of aryl methyl sites for hydroxylation is 1. The molecule has 0 saturated carbocycles. The second kappa shape index (κ2) is 10.8. The highest BCUT2D eigenvalue weighted by Gasteiger charge is 2.09. The topological polar surface area (TPSA) is 50.3 Å². The van der Waals surface area contributed by atoms with Gasteiger partial charge in [0.15, 0.2) is 0 Å². The van der Waals surface area contributed by atoms with Crippen LogP contribution in [0.25, 0.3) is 10.6 Å². The molecule has 0 bridgehead atoms. The van der Waals surface area contributed by atoms with Gasteiger partial charge in [0.25, 0.3) is 0 Å². The summed E-state index contributed by atoms with van der Waals surface area (Å²) in [4.78, 5) is 12.5. The monoisotopic (exact) mass is 444 g/mol. The lowest BCUT2D eigenvalue weighted by atomic mass is 10.1. The van der Waals surface area contributed by atoms with Crippen LogP contribution in [0, 0.1) is 0 Å². The first-order chi connectivity index (χ1) is 15.8. The molecule has 1 N–H and O–H groups in total. The summed E-state index contributed by atoms with van der Waals surface area (Å²) >= 11 is 1.67. The third kappa shape index (κ3) is 5.45. The van der Waals surface area contributed by atoms with Crippen molar-refractivity contribution in [3.05, 3.63) is 83.9 Å². The second-order valence-corrected chi connectivity index (χ2v) is 8.25. The van der Waals surface area contributed by atoms with Gasteiger partial charge in [-0.25, -0.2) is 9.97 Å². The Balaban J connectivity index is 1.38. The maximum absolute atomic E-state index is 6.07. The number of nitrogens with one attached hydrogen (secondary N) is 1. The number of rotatable bonds is 10. The zero-order valence-electron chi connectivity index (χ0n) is 18.5. The first-order valence-electron chi connectivity index (χ1n) is 11.0. The molecule has 2 aromatic heterocycles. The number of ether oxygens (including phenoxy) is 1. The van der Waals surface area contributed by atoms with Crippen molar-refractivity contribution in [2.24, 2.45) is 0 Å². The fraction of sp³-hybridized carbons (Fsp3) is 0.231. The van der Waals surface area contributed by atoms with Crippen LogP contribution < -0.4 is 15.0 Å². The summed E-state index contributed by atoms with van der Waals surface area (Å²) in [5, 5.41) is 5.34. The van der Waals surface area contributed by atoms with Crippen molar-refractivity contribution in [1.82, 2.24) is 9.97 Å². The number of aromatic nitrogens is 2. The third-order valence-corrected chi connectivity index (χ3v) is 6.14. The number of nitrogens with zero attached hydrogens (tertiary/aromatic N) is 3. The normalized spacial score (nSPS) is 10.7. The highest BCUT2D eigenvalue weighted by atomic mass is 32.1. The highest BCUT2D eigenvalue weighted by Crippen LogP contribution is 2.25. The first-order valence-corrected chi connectivity index (χ1v) is 11.8. The lowest BCUT2D eigenvalue weighted by molar-refractivity contribution is 0.324. The van der Waals surface area contributed by atoms with E-state index in [1.54, 1.807) is 17.5 Å². The van der Waals surface area contributed by atoms with Gasteiger partial charge < -0.3 is 15.0 Å². The fourth-order valence-corrected chi connectivity index (χ4v) is 4.31. The van der Waals surface area contributed by atoms with Crippen LogP contribution in [0.3, 0.4) is 0 Å². The van der Waals surface area contributed by atoms with Crippen molar-refractivity contribution in [3.63, 3.8) is 0 Å². The zero-order chi connectivity index (χ0) is 22.2. The molecular weight excluding hydrogens is 416 g/mol. The van der Waals surface area contributed by atoms with Crippen molar-refractivity contribution in [3.8, 4) is 16.3 Å². The predicted octanol–water partition coefficient (Wildman–Crippen LogP) is 6.42. The molecule has 0 aliphatic carbocycles. The van der Waals surface area contributed by atoms with Crippen LogP contribution in [-0.2, 0) is 6.42 Å². The van der Waals surface area contributed by atoms with Gasteiger partial charge in [0.05, 0.1) is 17.1 Å². The first kappa shape index (κ1) is 21.8. The van der Waals surface area contributed by atoms with Crippen LogP contribution in [0.5, 0.6) is 5.75 Å². The van der Waals surface area contributed by atoms with E-state index in [2.05, 4.69) is 64.4 Å². The van der Waals surface area contributed by atoms with Crippen LogP contribution in [0.15, 0.2) is 78.3 Å². The van der Waals surface area contributed by atoms with Gasteiger partial charge in [-0.15, -0.1) is 11.3 Å². The van der Waals surface area contributed by atoms with E-state index in [1.165, 1.54) is 11.3 Å². The van der Waals surface area contributed by atoms with Crippen molar-refractivity contribution in [2.45, 2.75) is 20.3 Å². The number of thiophene rings is 1. The standard InChI is InChI=1S/C26H28N4OS/c1-3-20-9-5-6-12-24(20)30(4-2)16-17-31-22-11-7-10-21(19-22)28-26-27-15-14-23(29-26)25-13-8-18-32-25/h5-15,18-19H,3-4,16-17H2,1-2H3,(H,27,28,29). The van der Waals surface area contributed by atoms with Gasteiger partial charge in [-0.1, -0.05) is 37.3 Å². The predicted molar refractivity (Wildman–Crippen MR) is 134 cm³/mol. The maximum Gasteiger partial charge on any atom is 0.227 e. The Morgan fingerprint density at radius 1 is 1.00 bits per heavy atom. The van der Waals surface area contributed by atoms with Gasteiger partial charge in [-0.05, 0) is 54.6 Å². The number of likely N-dealkylation sites (N-methyl/N-ethyl adjacent to an activating group) is 1. The minimum absolute atomic E-state index is 0.571. The van der Waals surface area contributed by atoms with E-state index < -0.39 is 0 Å². The molecule has 0 aliphatic rings. The largest absolute Gasteiger partial charge is 0.492 e. The average molecular weight is 445 g/mol. The van der Waals surface area contributed by atoms with E-state index in [9.17, 15) is 0 Å². The summed E-state index contributed by atoms with van der Waals surface area (Å²) in [7, 11) is 0. The Morgan fingerprint density at radius 2 is 1.91 bits per heavy atom. The lowest BCUT2D eigenvalue weighted by Gasteiger charge is -2.25. The molecule has 5 nitrogen and oxygen atoms in total. The van der Waals surface area contributed by atoms with Crippen LogP contribution in [0.1, 0.15) is 19.4 Å². The molecule has 0 radical (unpaired) electrons. The SMILES string of the molecule is CCc1ccccc1N(CC)CCOc1cccc(Nc2nccc(-c3cccs3)n2)c1. The van der Waals surface area contributed by atoms with Crippen LogP contribution in [0.2, 0.25) is 0 Å². The Morgan fingerprint density at radius 3 is 2.72 bits per heavy atom. The van der Waals surface area contributed by atoms with E-state index in [-0.39, 0.29) is 0 Å². The van der Waals surface area contributed by atoms with Crippen LogP contribution in [-0.4, -0.2) is 29.7 Å². The van der Waals surface area contributed by atoms with E-state index >= 15 is 0 Å².